The lowest BCUT2D eigenvalue weighted by atomic mass is 10.4. The van der Waals surface area contributed by atoms with Crippen LogP contribution in [0.5, 0.6) is 0 Å². The molecule has 0 spiro atoms. The van der Waals surface area contributed by atoms with E-state index in [-0.39, 0.29) is 0 Å². The molecule has 2 rings (SSSR count). The van der Waals surface area contributed by atoms with Crippen molar-refractivity contribution in [3.8, 4) is 0 Å². The fraction of sp³-hybridized carbons (Fsp3) is 0.286. The van der Waals surface area contributed by atoms with Crippen LogP contribution in [-0.2, 0) is 6.54 Å². The summed E-state index contributed by atoms with van der Waals surface area (Å²) in [5.41, 5.74) is 8.12. The van der Waals surface area contributed by atoms with Gasteiger partial charge in [0.2, 0.25) is 0 Å². The number of aromatic nitrogens is 4. The first-order chi connectivity index (χ1) is 6.25. The van der Waals surface area contributed by atoms with Gasteiger partial charge < -0.3 is 5.73 Å². The smallest absolute Gasteiger partial charge is 0.0970 e. The zero-order valence-electron chi connectivity index (χ0n) is 7.14. The Morgan fingerprint density at radius 2 is 2.46 bits per heavy atom. The summed E-state index contributed by atoms with van der Waals surface area (Å²) in [5, 5.41) is 10.0. The van der Waals surface area contributed by atoms with Gasteiger partial charge in [-0.3, -0.25) is 4.68 Å². The van der Waals surface area contributed by atoms with Crippen molar-refractivity contribution in [2.75, 3.05) is 5.73 Å². The number of rotatable bonds is 2. The van der Waals surface area contributed by atoms with Crippen molar-refractivity contribution in [1.29, 1.82) is 0 Å². The van der Waals surface area contributed by atoms with Crippen LogP contribution in [-0.4, -0.2) is 19.4 Å². The third-order valence-corrected chi connectivity index (χ3v) is 2.27. The van der Waals surface area contributed by atoms with E-state index in [4.69, 9.17) is 5.73 Å². The van der Waals surface area contributed by atoms with Crippen molar-refractivity contribution >= 4 is 17.2 Å². The summed E-state index contributed by atoms with van der Waals surface area (Å²) in [7, 11) is 0. The standard InChI is InChI=1S/C7H9N5S/c1-5-7(8)3-12(10-5)2-6-4-13-11-9-6/h3-4H,2,8H2,1H3. The topological polar surface area (TPSA) is 69.6 Å². The Kier molecular flexibility index (Phi) is 1.97. The van der Waals surface area contributed by atoms with Gasteiger partial charge in [0.1, 0.15) is 0 Å². The van der Waals surface area contributed by atoms with Gasteiger partial charge in [0.15, 0.2) is 0 Å². The Morgan fingerprint density at radius 1 is 1.62 bits per heavy atom. The Labute approximate surface area is 79.4 Å². The minimum atomic E-state index is 0.633. The average molecular weight is 195 g/mol. The molecule has 2 N–H and O–H groups in total. The second-order valence-corrected chi connectivity index (χ2v) is 3.37. The third kappa shape index (κ3) is 1.67. The molecule has 0 atom stereocenters. The van der Waals surface area contributed by atoms with E-state index in [1.54, 1.807) is 10.9 Å². The van der Waals surface area contributed by atoms with Gasteiger partial charge in [-0.15, -0.1) is 5.10 Å². The van der Waals surface area contributed by atoms with Crippen LogP contribution < -0.4 is 5.73 Å². The molecule has 0 aliphatic heterocycles. The molecule has 6 heteroatoms. The van der Waals surface area contributed by atoms with Gasteiger partial charge in [-0.2, -0.15) is 5.10 Å². The molecule has 0 saturated heterocycles. The Balaban J connectivity index is 2.19. The minimum absolute atomic E-state index is 0.633. The van der Waals surface area contributed by atoms with E-state index < -0.39 is 0 Å². The first kappa shape index (κ1) is 8.18. The van der Waals surface area contributed by atoms with Crippen LogP contribution in [0.3, 0.4) is 0 Å². The SMILES string of the molecule is Cc1nn(Cc2csnn2)cc1N. The molecular weight excluding hydrogens is 186 g/mol. The summed E-state index contributed by atoms with van der Waals surface area (Å²) >= 11 is 1.34. The maximum Gasteiger partial charge on any atom is 0.0970 e. The van der Waals surface area contributed by atoms with Crippen LogP contribution in [0.25, 0.3) is 0 Å². The van der Waals surface area contributed by atoms with Gasteiger partial charge in [0.05, 0.1) is 23.6 Å². The van der Waals surface area contributed by atoms with Gasteiger partial charge >= 0.3 is 0 Å². The average Bonchev–Trinajstić information content (AvgIpc) is 2.64. The first-order valence-corrected chi connectivity index (χ1v) is 4.65. The fourth-order valence-electron chi connectivity index (χ4n) is 1.03. The van der Waals surface area contributed by atoms with E-state index in [0.717, 1.165) is 11.4 Å². The Bertz CT molecular complexity index is 371. The van der Waals surface area contributed by atoms with Gasteiger partial charge in [-0.05, 0) is 18.5 Å². The lowest BCUT2D eigenvalue weighted by Gasteiger charge is -1.94. The molecule has 68 valence electrons. The van der Waals surface area contributed by atoms with Crippen LogP contribution in [0.1, 0.15) is 11.4 Å². The fourth-order valence-corrected chi connectivity index (χ4v) is 1.48. The Hall–Kier alpha value is -1.43. The van der Waals surface area contributed by atoms with Crippen LogP contribution >= 0.6 is 11.5 Å². The second kappa shape index (κ2) is 3.14. The zero-order chi connectivity index (χ0) is 9.26. The molecule has 0 saturated carbocycles. The third-order valence-electron chi connectivity index (χ3n) is 1.71. The minimum Gasteiger partial charge on any atom is -0.396 e. The van der Waals surface area contributed by atoms with E-state index in [1.807, 2.05) is 12.3 Å². The maximum absolute atomic E-state index is 5.65. The Morgan fingerprint density at radius 3 is 3.00 bits per heavy atom. The summed E-state index contributed by atoms with van der Waals surface area (Å²) in [6.07, 6.45) is 1.80. The molecule has 0 amide bonds. The molecule has 0 aliphatic rings. The molecule has 2 aromatic heterocycles. The number of hydrogen-bond acceptors (Lipinski definition) is 5. The lowest BCUT2D eigenvalue weighted by molar-refractivity contribution is 0.664. The van der Waals surface area contributed by atoms with Crippen molar-refractivity contribution < 1.29 is 0 Å². The lowest BCUT2D eigenvalue weighted by Crippen LogP contribution is -2.00. The van der Waals surface area contributed by atoms with Crippen LogP contribution in [0, 0.1) is 6.92 Å². The summed E-state index contributed by atoms with van der Waals surface area (Å²) < 4.78 is 5.53. The molecule has 0 aromatic carbocycles. The highest BCUT2D eigenvalue weighted by Crippen LogP contribution is 2.08. The number of nitrogen functional groups attached to an aromatic ring is 1. The van der Waals surface area contributed by atoms with Crippen LogP contribution in [0.2, 0.25) is 0 Å². The van der Waals surface area contributed by atoms with E-state index in [2.05, 4.69) is 14.7 Å². The van der Waals surface area contributed by atoms with Gasteiger partial charge in [-0.25, -0.2) is 0 Å². The summed E-state index contributed by atoms with van der Waals surface area (Å²) in [6, 6.07) is 0. The quantitative estimate of drug-likeness (QED) is 0.764. The highest BCUT2D eigenvalue weighted by Gasteiger charge is 2.02. The van der Waals surface area contributed by atoms with E-state index in [0.29, 0.717) is 12.2 Å². The number of anilines is 1. The number of hydrogen-bond donors (Lipinski definition) is 1. The number of aryl methyl sites for hydroxylation is 1. The molecule has 0 radical (unpaired) electrons. The van der Waals surface area contributed by atoms with Crippen LogP contribution in [0.4, 0.5) is 5.69 Å². The highest BCUT2D eigenvalue weighted by molar-refractivity contribution is 7.03. The molecule has 0 bridgehead atoms. The van der Waals surface area contributed by atoms with Gasteiger partial charge in [-0.1, -0.05) is 4.49 Å². The van der Waals surface area contributed by atoms with Gasteiger partial charge in [0, 0.05) is 11.6 Å². The van der Waals surface area contributed by atoms with Crippen molar-refractivity contribution in [1.82, 2.24) is 19.4 Å². The van der Waals surface area contributed by atoms with E-state index in [1.165, 1.54) is 11.5 Å². The molecule has 0 aliphatic carbocycles. The molecule has 0 fully saturated rings. The summed E-state index contributed by atoms with van der Waals surface area (Å²) in [5.74, 6) is 0. The number of nitrogens with two attached hydrogens (primary N) is 1. The predicted octanol–water partition coefficient (Wildman–Crippen LogP) is 0.674. The largest absolute Gasteiger partial charge is 0.396 e. The normalized spacial score (nSPS) is 10.5. The predicted molar refractivity (Wildman–Crippen MR) is 50.4 cm³/mol. The van der Waals surface area contributed by atoms with Crippen LogP contribution in [0.15, 0.2) is 11.6 Å². The van der Waals surface area contributed by atoms with Crippen molar-refractivity contribution in [3.05, 3.63) is 23.0 Å². The van der Waals surface area contributed by atoms with Gasteiger partial charge in [0.25, 0.3) is 0 Å². The summed E-state index contributed by atoms with van der Waals surface area (Å²) in [4.78, 5) is 0. The molecular formula is C7H9N5S. The molecule has 2 heterocycles. The monoisotopic (exact) mass is 195 g/mol. The highest BCUT2D eigenvalue weighted by atomic mass is 32.1. The van der Waals surface area contributed by atoms with Crippen molar-refractivity contribution in [2.24, 2.45) is 0 Å². The van der Waals surface area contributed by atoms with Crippen molar-refractivity contribution in [3.63, 3.8) is 0 Å². The summed E-state index contributed by atoms with van der Waals surface area (Å²) in [6.45, 7) is 2.51. The molecule has 13 heavy (non-hydrogen) atoms. The maximum atomic E-state index is 5.65. The first-order valence-electron chi connectivity index (χ1n) is 3.81. The van der Waals surface area contributed by atoms with E-state index >= 15 is 0 Å². The van der Waals surface area contributed by atoms with E-state index in [9.17, 15) is 0 Å². The zero-order valence-corrected chi connectivity index (χ0v) is 7.95. The van der Waals surface area contributed by atoms with Crippen molar-refractivity contribution in [2.45, 2.75) is 13.5 Å². The molecule has 2 aromatic rings. The molecule has 5 nitrogen and oxygen atoms in total. The molecule has 0 unspecified atom stereocenters. The number of nitrogens with zero attached hydrogens (tertiary/aromatic N) is 4. The second-order valence-electron chi connectivity index (χ2n) is 2.76.